The molecule has 0 aromatic heterocycles. The zero-order valence-electron chi connectivity index (χ0n) is 9.50. The summed E-state index contributed by atoms with van der Waals surface area (Å²) in [6.07, 6.45) is 1.29. The van der Waals surface area contributed by atoms with Gasteiger partial charge in [-0.05, 0) is 38.0 Å². The first kappa shape index (κ1) is 11.5. The average molecular weight is 203 g/mol. The van der Waals surface area contributed by atoms with Crippen LogP contribution in [0, 0.1) is 13.8 Å². The molecule has 0 spiro atoms. The Kier molecular flexibility index (Phi) is 3.67. The van der Waals surface area contributed by atoms with E-state index in [1.54, 1.807) is 0 Å². The summed E-state index contributed by atoms with van der Waals surface area (Å²) >= 11 is 0. The van der Waals surface area contributed by atoms with E-state index in [1.807, 2.05) is 6.92 Å². The largest absolute Gasteiger partial charge is 0.346 e. The molecule has 2 nitrogen and oxygen atoms in total. The third kappa shape index (κ3) is 2.94. The van der Waals surface area contributed by atoms with Crippen molar-refractivity contribution in [3.63, 3.8) is 0 Å². The van der Waals surface area contributed by atoms with Gasteiger partial charge < -0.3 is 5.32 Å². The van der Waals surface area contributed by atoms with Crippen LogP contribution in [0.3, 0.4) is 0 Å². The van der Waals surface area contributed by atoms with E-state index in [-0.39, 0.29) is 11.9 Å². The predicted octanol–water partition coefficient (Wildman–Crippen LogP) is 2.67. The van der Waals surface area contributed by atoms with Crippen molar-refractivity contribution in [3.05, 3.63) is 47.5 Å². The SMILES string of the molecule is C=CC(=O)NC(C)c1ccc(C)cc1C. The molecule has 1 aromatic rings. The van der Waals surface area contributed by atoms with E-state index >= 15 is 0 Å². The molecule has 0 heterocycles. The van der Waals surface area contributed by atoms with Gasteiger partial charge in [-0.2, -0.15) is 0 Å². The first-order chi connectivity index (χ1) is 7.04. The molecule has 0 aliphatic rings. The third-order valence-electron chi connectivity index (χ3n) is 2.44. The molecule has 0 fully saturated rings. The Balaban J connectivity index is 2.86. The van der Waals surface area contributed by atoms with Gasteiger partial charge in [0.25, 0.3) is 0 Å². The quantitative estimate of drug-likeness (QED) is 0.752. The molecule has 0 aliphatic heterocycles. The normalized spacial score (nSPS) is 11.9. The van der Waals surface area contributed by atoms with Crippen LogP contribution in [0.4, 0.5) is 0 Å². The second-order valence-electron chi connectivity index (χ2n) is 3.79. The van der Waals surface area contributed by atoms with E-state index in [4.69, 9.17) is 0 Å². The Labute approximate surface area is 91.0 Å². The monoisotopic (exact) mass is 203 g/mol. The number of rotatable bonds is 3. The zero-order valence-corrected chi connectivity index (χ0v) is 9.50. The first-order valence-electron chi connectivity index (χ1n) is 5.04. The lowest BCUT2D eigenvalue weighted by atomic mass is 10.0. The maximum absolute atomic E-state index is 11.1. The van der Waals surface area contributed by atoms with Crippen LogP contribution < -0.4 is 5.32 Å². The van der Waals surface area contributed by atoms with Crippen molar-refractivity contribution in [3.8, 4) is 0 Å². The lowest BCUT2D eigenvalue weighted by molar-refractivity contribution is -0.117. The van der Waals surface area contributed by atoms with E-state index in [0.29, 0.717) is 0 Å². The summed E-state index contributed by atoms with van der Waals surface area (Å²) in [4.78, 5) is 11.1. The molecule has 1 atom stereocenters. The highest BCUT2D eigenvalue weighted by Gasteiger charge is 2.09. The van der Waals surface area contributed by atoms with Gasteiger partial charge in [0.1, 0.15) is 0 Å². The predicted molar refractivity (Wildman–Crippen MR) is 62.7 cm³/mol. The van der Waals surface area contributed by atoms with Gasteiger partial charge in [-0.1, -0.05) is 30.3 Å². The van der Waals surface area contributed by atoms with E-state index in [9.17, 15) is 4.79 Å². The highest BCUT2D eigenvalue weighted by Crippen LogP contribution is 2.18. The van der Waals surface area contributed by atoms with Crippen molar-refractivity contribution >= 4 is 5.91 Å². The van der Waals surface area contributed by atoms with Crippen LogP contribution in [0.2, 0.25) is 0 Å². The second kappa shape index (κ2) is 4.78. The molecule has 2 heteroatoms. The van der Waals surface area contributed by atoms with Gasteiger partial charge in [0.05, 0.1) is 6.04 Å². The Bertz CT molecular complexity index is 382. The number of benzene rings is 1. The van der Waals surface area contributed by atoms with E-state index in [1.165, 1.54) is 17.2 Å². The summed E-state index contributed by atoms with van der Waals surface area (Å²) in [5.74, 6) is -0.137. The fraction of sp³-hybridized carbons (Fsp3) is 0.308. The number of amides is 1. The molecule has 0 bridgehead atoms. The summed E-state index contributed by atoms with van der Waals surface area (Å²) < 4.78 is 0. The maximum atomic E-state index is 11.1. The van der Waals surface area contributed by atoms with Crippen molar-refractivity contribution in [1.29, 1.82) is 0 Å². The molecule has 0 aliphatic carbocycles. The Morgan fingerprint density at radius 2 is 2.13 bits per heavy atom. The third-order valence-corrected chi connectivity index (χ3v) is 2.44. The molecule has 1 rings (SSSR count). The minimum Gasteiger partial charge on any atom is -0.346 e. The average Bonchev–Trinajstić information content (AvgIpc) is 2.17. The molecule has 1 N–H and O–H groups in total. The number of nitrogens with one attached hydrogen (secondary N) is 1. The maximum Gasteiger partial charge on any atom is 0.243 e. The summed E-state index contributed by atoms with van der Waals surface area (Å²) in [7, 11) is 0. The number of carbonyl (C=O) groups excluding carboxylic acids is 1. The van der Waals surface area contributed by atoms with Gasteiger partial charge in [0, 0.05) is 0 Å². The van der Waals surface area contributed by atoms with Crippen molar-refractivity contribution in [1.82, 2.24) is 5.32 Å². The standard InChI is InChI=1S/C13H17NO/c1-5-13(15)14-11(4)12-7-6-9(2)8-10(12)3/h5-8,11H,1H2,2-4H3,(H,14,15). The number of hydrogen-bond donors (Lipinski definition) is 1. The lowest BCUT2D eigenvalue weighted by Crippen LogP contribution is -2.24. The molecular weight excluding hydrogens is 186 g/mol. The van der Waals surface area contributed by atoms with Crippen LogP contribution in [0.1, 0.15) is 29.7 Å². The first-order valence-corrected chi connectivity index (χ1v) is 5.04. The van der Waals surface area contributed by atoms with Crippen molar-refractivity contribution in [2.75, 3.05) is 0 Å². The number of aryl methyl sites for hydroxylation is 2. The molecule has 15 heavy (non-hydrogen) atoms. The molecule has 1 unspecified atom stereocenters. The molecule has 1 aromatic carbocycles. The summed E-state index contributed by atoms with van der Waals surface area (Å²) in [5.41, 5.74) is 3.58. The smallest absolute Gasteiger partial charge is 0.243 e. The highest BCUT2D eigenvalue weighted by atomic mass is 16.1. The van der Waals surface area contributed by atoms with E-state index in [0.717, 1.165) is 5.56 Å². The van der Waals surface area contributed by atoms with Gasteiger partial charge >= 0.3 is 0 Å². The van der Waals surface area contributed by atoms with Crippen LogP contribution in [0.25, 0.3) is 0 Å². The summed E-state index contributed by atoms with van der Waals surface area (Å²) in [5, 5.41) is 2.85. The van der Waals surface area contributed by atoms with Crippen molar-refractivity contribution < 1.29 is 4.79 Å². The number of carbonyl (C=O) groups is 1. The summed E-state index contributed by atoms with van der Waals surface area (Å²) in [6, 6.07) is 6.25. The van der Waals surface area contributed by atoms with Crippen LogP contribution in [0.5, 0.6) is 0 Å². The lowest BCUT2D eigenvalue weighted by Gasteiger charge is -2.15. The van der Waals surface area contributed by atoms with Crippen molar-refractivity contribution in [2.24, 2.45) is 0 Å². The van der Waals surface area contributed by atoms with E-state index < -0.39 is 0 Å². The Morgan fingerprint density at radius 3 is 2.67 bits per heavy atom. The fourth-order valence-electron chi connectivity index (χ4n) is 1.66. The minimum atomic E-state index is -0.137. The topological polar surface area (TPSA) is 29.1 Å². The molecule has 0 radical (unpaired) electrons. The van der Waals surface area contributed by atoms with Crippen LogP contribution in [-0.2, 0) is 4.79 Å². The van der Waals surface area contributed by atoms with Crippen LogP contribution >= 0.6 is 0 Å². The van der Waals surface area contributed by atoms with Gasteiger partial charge in [0.15, 0.2) is 0 Å². The van der Waals surface area contributed by atoms with Crippen LogP contribution in [0.15, 0.2) is 30.9 Å². The van der Waals surface area contributed by atoms with Crippen molar-refractivity contribution in [2.45, 2.75) is 26.8 Å². The summed E-state index contributed by atoms with van der Waals surface area (Å²) in [6.45, 7) is 9.52. The molecule has 0 saturated carbocycles. The van der Waals surface area contributed by atoms with Gasteiger partial charge in [-0.15, -0.1) is 0 Å². The Morgan fingerprint density at radius 1 is 1.47 bits per heavy atom. The van der Waals surface area contributed by atoms with Gasteiger partial charge in [0.2, 0.25) is 5.91 Å². The Hall–Kier alpha value is -1.57. The molecule has 80 valence electrons. The zero-order chi connectivity index (χ0) is 11.4. The van der Waals surface area contributed by atoms with E-state index in [2.05, 4.69) is 43.9 Å². The molecule has 1 amide bonds. The minimum absolute atomic E-state index is 0.0242. The van der Waals surface area contributed by atoms with Gasteiger partial charge in [-0.3, -0.25) is 4.79 Å². The molecular formula is C13H17NO. The molecule has 0 saturated heterocycles. The fourth-order valence-corrected chi connectivity index (χ4v) is 1.66. The van der Waals surface area contributed by atoms with Gasteiger partial charge in [-0.25, -0.2) is 0 Å². The number of hydrogen-bond acceptors (Lipinski definition) is 1. The highest BCUT2D eigenvalue weighted by molar-refractivity contribution is 5.87. The second-order valence-corrected chi connectivity index (χ2v) is 3.79. The van der Waals surface area contributed by atoms with Crippen LogP contribution in [-0.4, -0.2) is 5.91 Å².